The molecule has 172 valence electrons. The Labute approximate surface area is 192 Å². The number of nitrogens with zero attached hydrogens (tertiary/aromatic N) is 2. The number of rotatable bonds is 6. The Morgan fingerprint density at radius 3 is 1.00 bits per heavy atom. The first-order valence-electron chi connectivity index (χ1n) is 11.7. The molecule has 2 aromatic rings. The lowest BCUT2D eigenvalue weighted by atomic mass is 9.86. The van der Waals surface area contributed by atoms with E-state index in [1.165, 1.54) is 33.6 Å². The summed E-state index contributed by atoms with van der Waals surface area (Å²) in [6.07, 6.45) is 0. The lowest BCUT2D eigenvalue weighted by molar-refractivity contribution is 0.309. The van der Waals surface area contributed by atoms with E-state index in [0.717, 1.165) is 13.1 Å². The van der Waals surface area contributed by atoms with Crippen molar-refractivity contribution in [2.45, 2.75) is 94.2 Å². The van der Waals surface area contributed by atoms with Gasteiger partial charge in [0.2, 0.25) is 0 Å². The third-order valence-corrected chi connectivity index (χ3v) is 6.21. The minimum atomic E-state index is 0.0410. The minimum Gasteiger partial charge on any atom is -0.366 e. The number of aryl methyl sites for hydroxylation is 4. The van der Waals surface area contributed by atoms with Gasteiger partial charge in [-0.15, -0.1) is 0 Å². The molecule has 31 heavy (non-hydrogen) atoms. The molecule has 0 aliphatic heterocycles. The molecule has 0 bridgehead atoms. The maximum absolute atomic E-state index is 2.63. The molecule has 0 unspecified atom stereocenters. The summed E-state index contributed by atoms with van der Waals surface area (Å²) in [4.78, 5) is 5.26. The topological polar surface area (TPSA) is 6.48 Å². The van der Waals surface area contributed by atoms with E-state index in [0.29, 0.717) is 0 Å². The molecule has 2 aromatic carbocycles. The zero-order valence-electron chi connectivity index (χ0n) is 22.3. The zero-order valence-corrected chi connectivity index (χ0v) is 22.3. The number of anilines is 2. The van der Waals surface area contributed by atoms with Crippen LogP contribution in [-0.4, -0.2) is 24.2 Å². The van der Waals surface area contributed by atoms with Crippen LogP contribution in [0.4, 0.5) is 11.4 Å². The van der Waals surface area contributed by atoms with E-state index in [1.54, 1.807) is 0 Å². The van der Waals surface area contributed by atoms with E-state index >= 15 is 0 Å². The van der Waals surface area contributed by atoms with E-state index < -0.39 is 0 Å². The highest BCUT2D eigenvalue weighted by molar-refractivity contribution is 5.62. The fraction of sp³-hybridized carbons (Fsp3) is 0.586. The van der Waals surface area contributed by atoms with Crippen molar-refractivity contribution in [3.05, 3.63) is 58.7 Å². The summed E-state index contributed by atoms with van der Waals surface area (Å²) in [5.74, 6) is 0. The number of benzene rings is 2. The van der Waals surface area contributed by atoms with Crippen LogP contribution in [0.1, 0.15) is 77.6 Å². The standard InChI is InChI=1S/C29H46N2/c1-21-15-13-16-22(2)25(21)30(27(5,6)7)19-29(11,12)20-31(28(8,9)10)26-23(3)17-14-18-24(26)4/h13-18H,19-20H2,1-12H3. The number of hydrogen-bond acceptors (Lipinski definition) is 2. The first-order chi connectivity index (χ1) is 14.0. The van der Waals surface area contributed by atoms with Gasteiger partial charge in [0.15, 0.2) is 0 Å². The van der Waals surface area contributed by atoms with Gasteiger partial charge in [-0.05, 0) is 96.9 Å². The Kier molecular flexibility index (Phi) is 7.25. The minimum absolute atomic E-state index is 0.0410. The molecule has 0 spiro atoms. The van der Waals surface area contributed by atoms with Crippen molar-refractivity contribution in [1.29, 1.82) is 0 Å². The molecule has 0 aromatic heterocycles. The maximum atomic E-state index is 2.63. The van der Waals surface area contributed by atoms with Gasteiger partial charge in [0.1, 0.15) is 0 Å². The third-order valence-electron chi connectivity index (χ3n) is 6.21. The monoisotopic (exact) mass is 422 g/mol. The average Bonchev–Trinajstić information content (AvgIpc) is 2.58. The molecule has 0 saturated carbocycles. The van der Waals surface area contributed by atoms with E-state index in [2.05, 4.69) is 129 Å². The number of hydrogen-bond donors (Lipinski definition) is 0. The van der Waals surface area contributed by atoms with Crippen LogP contribution in [0.3, 0.4) is 0 Å². The van der Waals surface area contributed by atoms with E-state index in [4.69, 9.17) is 0 Å². The Bertz CT molecular complexity index is 780. The second kappa shape index (κ2) is 8.88. The highest BCUT2D eigenvalue weighted by atomic mass is 15.2. The highest BCUT2D eigenvalue weighted by Crippen LogP contribution is 2.37. The summed E-state index contributed by atoms with van der Waals surface area (Å²) in [7, 11) is 0. The van der Waals surface area contributed by atoms with Gasteiger partial charge in [-0.3, -0.25) is 0 Å². The van der Waals surface area contributed by atoms with Gasteiger partial charge in [0.25, 0.3) is 0 Å². The van der Waals surface area contributed by atoms with Crippen LogP contribution in [0, 0.1) is 33.1 Å². The predicted octanol–water partition coefficient (Wildman–Crippen LogP) is 7.86. The molecule has 2 rings (SSSR count). The van der Waals surface area contributed by atoms with Crippen LogP contribution < -0.4 is 9.80 Å². The Balaban J connectivity index is 2.48. The van der Waals surface area contributed by atoms with Crippen LogP contribution in [0.15, 0.2) is 36.4 Å². The summed E-state index contributed by atoms with van der Waals surface area (Å²) in [6, 6.07) is 13.3. The lowest BCUT2D eigenvalue weighted by Gasteiger charge is -2.48. The Hall–Kier alpha value is -1.96. The maximum Gasteiger partial charge on any atom is 0.0430 e. The van der Waals surface area contributed by atoms with E-state index in [9.17, 15) is 0 Å². The summed E-state index contributed by atoms with van der Waals surface area (Å²) in [5, 5.41) is 0. The van der Waals surface area contributed by atoms with Crippen LogP contribution >= 0.6 is 0 Å². The molecule has 0 saturated heterocycles. The van der Waals surface area contributed by atoms with Gasteiger partial charge in [0.05, 0.1) is 0 Å². The van der Waals surface area contributed by atoms with Crippen LogP contribution in [0.2, 0.25) is 0 Å². The van der Waals surface area contributed by atoms with Gasteiger partial charge in [-0.2, -0.15) is 0 Å². The van der Waals surface area contributed by atoms with E-state index in [-0.39, 0.29) is 16.5 Å². The normalized spacial score (nSPS) is 12.8. The molecule has 0 amide bonds. The predicted molar refractivity (Wildman–Crippen MR) is 140 cm³/mol. The van der Waals surface area contributed by atoms with Gasteiger partial charge in [-0.1, -0.05) is 50.2 Å². The van der Waals surface area contributed by atoms with Crippen LogP contribution in [0.25, 0.3) is 0 Å². The lowest BCUT2D eigenvalue weighted by Crippen LogP contribution is -2.53. The van der Waals surface area contributed by atoms with E-state index in [1.807, 2.05) is 0 Å². The van der Waals surface area contributed by atoms with Crippen LogP contribution in [0.5, 0.6) is 0 Å². The smallest absolute Gasteiger partial charge is 0.0430 e. The molecule has 2 nitrogen and oxygen atoms in total. The molecule has 0 aliphatic rings. The summed E-state index contributed by atoms with van der Waals surface area (Å²) in [6.45, 7) is 29.8. The second-order valence-corrected chi connectivity index (χ2v) is 12.2. The van der Waals surface area contributed by atoms with Crippen molar-refractivity contribution >= 4 is 11.4 Å². The average molecular weight is 423 g/mol. The van der Waals surface area contributed by atoms with Crippen molar-refractivity contribution in [3.8, 4) is 0 Å². The summed E-state index contributed by atoms with van der Waals surface area (Å²) in [5.41, 5.74) is 8.36. The molecule has 0 N–H and O–H groups in total. The summed E-state index contributed by atoms with van der Waals surface area (Å²) >= 11 is 0. The van der Waals surface area contributed by atoms with Gasteiger partial charge < -0.3 is 9.80 Å². The molecule has 0 aliphatic carbocycles. The second-order valence-electron chi connectivity index (χ2n) is 12.2. The van der Waals surface area contributed by atoms with Crippen molar-refractivity contribution < 1.29 is 0 Å². The molecular weight excluding hydrogens is 376 g/mol. The summed E-state index contributed by atoms with van der Waals surface area (Å²) < 4.78 is 0. The molecule has 0 heterocycles. The third kappa shape index (κ3) is 6.05. The molecule has 0 atom stereocenters. The highest BCUT2D eigenvalue weighted by Gasteiger charge is 2.35. The SMILES string of the molecule is Cc1cccc(C)c1N(CC(C)(C)CN(c1c(C)cccc1C)C(C)(C)C)C(C)(C)C. The van der Waals surface area contributed by atoms with Gasteiger partial charge >= 0.3 is 0 Å². The van der Waals surface area contributed by atoms with Crippen molar-refractivity contribution in [3.63, 3.8) is 0 Å². The Morgan fingerprint density at radius 2 is 0.774 bits per heavy atom. The zero-order chi connectivity index (χ0) is 23.8. The van der Waals surface area contributed by atoms with Crippen molar-refractivity contribution in [2.24, 2.45) is 5.41 Å². The Morgan fingerprint density at radius 1 is 0.516 bits per heavy atom. The molecule has 2 heteroatoms. The van der Waals surface area contributed by atoms with Crippen LogP contribution in [-0.2, 0) is 0 Å². The van der Waals surface area contributed by atoms with Gasteiger partial charge in [-0.25, -0.2) is 0 Å². The first kappa shape index (κ1) is 25.3. The fourth-order valence-corrected chi connectivity index (χ4v) is 4.67. The molecular formula is C29H46N2. The van der Waals surface area contributed by atoms with Gasteiger partial charge in [0, 0.05) is 35.5 Å². The first-order valence-corrected chi connectivity index (χ1v) is 11.7. The van der Waals surface area contributed by atoms with Crippen molar-refractivity contribution in [2.75, 3.05) is 22.9 Å². The fourth-order valence-electron chi connectivity index (χ4n) is 4.67. The number of para-hydroxylation sites is 2. The molecule has 0 radical (unpaired) electrons. The molecule has 0 fully saturated rings. The largest absolute Gasteiger partial charge is 0.366 e. The quantitative estimate of drug-likeness (QED) is 0.467. The van der Waals surface area contributed by atoms with Crippen molar-refractivity contribution in [1.82, 2.24) is 0 Å².